The third-order valence-corrected chi connectivity index (χ3v) is 8.56. The normalized spacial score (nSPS) is 12.0. The number of hydrogen-bond donors (Lipinski definition) is 1. The largest absolute Gasteiger partial charge is 0.497 e. The lowest BCUT2D eigenvalue weighted by Crippen LogP contribution is -2.51. The van der Waals surface area contributed by atoms with Gasteiger partial charge in [-0.1, -0.05) is 61.8 Å². The van der Waals surface area contributed by atoms with Crippen molar-refractivity contribution >= 4 is 39.1 Å². The van der Waals surface area contributed by atoms with E-state index in [1.54, 1.807) is 61.5 Å². The van der Waals surface area contributed by atoms with E-state index < -0.39 is 28.5 Å². The summed E-state index contributed by atoms with van der Waals surface area (Å²) in [5.41, 5.74) is 0.723. The molecule has 0 aliphatic heterocycles. The number of anilines is 1. The van der Waals surface area contributed by atoms with Crippen LogP contribution in [0.2, 0.25) is 5.02 Å². The van der Waals surface area contributed by atoms with E-state index in [1.165, 1.54) is 37.3 Å². The van der Waals surface area contributed by atoms with Crippen LogP contribution in [0.5, 0.6) is 11.5 Å². The SMILES string of the molecule is COc1ccc(OC)c(N(CC(=O)N(Cc2ccccc2Cl)[C@H](C)C(=O)NCC(C)C)S(=O)(=O)c2ccccc2)c1. The maximum absolute atomic E-state index is 14.1. The first-order chi connectivity index (χ1) is 19.5. The lowest BCUT2D eigenvalue weighted by atomic mass is 10.1. The van der Waals surface area contributed by atoms with Crippen LogP contribution in [0, 0.1) is 5.92 Å². The summed E-state index contributed by atoms with van der Waals surface area (Å²) in [6, 6.07) is 18.5. The highest BCUT2D eigenvalue weighted by molar-refractivity contribution is 7.92. The molecule has 41 heavy (non-hydrogen) atoms. The molecule has 9 nitrogen and oxygen atoms in total. The van der Waals surface area contributed by atoms with E-state index in [0.29, 0.717) is 22.9 Å². The monoisotopic (exact) mass is 601 g/mol. The summed E-state index contributed by atoms with van der Waals surface area (Å²) in [6.45, 7) is 5.33. The fourth-order valence-electron chi connectivity index (χ4n) is 4.07. The number of rotatable bonds is 13. The molecular weight excluding hydrogens is 566 g/mol. The molecule has 1 N–H and O–H groups in total. The van der Waals surface area contributed by atoms with Crippen molar-refractivity contribution in [3.63, 3.8) is 0 Å². The van der Waals surface area contributed by atoms with Crippen LogP contribution >= 0.6 is 11.6 Å². The number of ether oxygens (including phenoxy) is 2. The Bertz CT molecular complexity index is 1450. The number of nitrogens with one attached hydrogen (secondary N) is 1. The van der Waals surface area contributed by atoms with Crippen molar-refractivity contribution in [2.24, 2.45) is 5.92 Å². The number of methoxy groups -OCH3 is 2. The topological polar surface area (TPSA) is 105 Å². The van der Waals surface area contributed by atoms with Crippen molar-refractivity contribution in [2.45, 2.75) is 38.3 Å². The minimum atomic E-state index is -4.27. The first-order valence-corrected chi connectivity index (χ1v) is 14.9. The van der Waals surface area contributed by atoms with Crippen molar-refractivity contribution in [2.75, 3.05) is 31.6 Å². The second kappa shape index (κ2) is 14.2. The Morgan fingerprint density at radius 3 is 2.20 bits per heavy atom. The highest BCUT2D eigenvalue weighted by Crippen LogP contribution is 2.36. The maximum Gasteiger partial charge on any atom is 0.264 e. The number of halogens is 1. The van der Waals surface area contributed by atoms with E-state index in [1.807, 2.05) is 13.8 Å². The van der Waals surface area contributed by atoms with Gasteiger partial charge < -0.3 is 19.7 Å². The summed E-state index contributed by atoms with van der Waals surface area (Å²) in [4.78, 5) is 28.5. The standard InChI is InChI=1S/C30H36ClN3O6S/c1-21(2)18-32-30(36)22(3)33(19-23-11-9-10-14-26(23)31)29(35)20-34(41(37,38)25-12-7-6-8-13-25)27-17-24(39-4)15-16-28(27)40-5/h6-17,21-22H,18-20H2,1-5H3,(H,32,36)/t22-/m1/s1. The fraction of sp³-hybridized carbons (Fsp3) is 0.333. The van der Waals surface area contributed by atoms with Crippen molar-refractivity contribution in [1.29, 1.82) is 0 Å². The summed E-state index contributed by atoms with van der Waals surface area (Å²) in [6.07, 6.45) is 0. The number of benzene rings is 3. The molecule has 3 aromatic carbocycles. The number of carbonyl (C=O) groups excluding carboxylic acids is 2. The Labute approximate surface area is 247 Å². The van der Waals surface area contributed by atoms with E-state index in [-0.39, 0.29) is 34.7 Å². The second-order valence-electron chi connectivity index (χ2n) is 9.79. The predicted molar refractivity (Wildman–Crippen MR) is 160 cm³/mol. The van der Waals surface area contributed by atoms with Crippen molar-refractivity contribution in [3.05, 3.63) is 83.4 Å². The molecule has 220 valence electrons. The third-order valence-electron chi connectivity index (χ3n) is 6.42. The molecule has 0 aliphatic rings. The summed E-state index contributed by atoms with van der Waals surface area (Å²) in [5.74, 6) is -0.183. The molecule has 0 saturated heterocycles. The van der Waals surface area contributed by atoms with Gasteiger partial charge in [0.1, 0.15) is 24.1 Å². The minimum absolute atomic E-state index is 0.0107. The van der Waals surface area contributed by atoms with E-state index in [2.05, 4.69) is 5.32 Å². The first kappa shape index (κ1) is 31.8. The van der Waals surface area contributed by atoms with Crippen molar-refractivity contribution < 1.29 is 27.5 Å². The van der Waals surface area contributed by atoms with E-state index in [0.717, 1.165) is 4.31 Å². The average Bonchev–Trinajstić information content (AvgIpc) is 2.97. The summed E-state index contributed by atoms with van der Waals surface area (Å²) in [7, 11) is -1.40. The number of hydrogen-bond acceptors (Lipinski definition) is 6. The minimum Gasteiger partial charge on any atom is -0.497 e. The fourth-order valence-corrected chi connectivity index (χ4v) is 5.70. The van der Waals surface area contributed by atoms with Gasteiger partial charge in [0.25, 0.3) is 10.0 Å². The Balaban J connectivity index is 2.10. The number of nitrogens with zero attached hydrogens (tertiary/aromatic N) is 2. The van der Waals surface area contributed by atoms with Crippen LogP contribution in [-0.2, 0) is 26.2 Å². The maximum atomic E-state index is 14.1. The molecule has 0 aromatic heterocycles. The van der Waals surface area contributed by atoms with Gasteiger partial charge in [-0.05, 0) is 48.7 Å². The number of carbonyl (C=O) groups is 2. The highest BCUT2D eigenvalue weighted by atomic mass is 35.5. The van der Waals surface area contributed by atoms with Gasteiger partial charge in [-0.2, -0.15) is 0 Å². The molecule has 1 atom stereocenters. The average molecular weight is 602 g/mol. The highest BCUT2D eigenvalue weighted by Gasteiger charge is 2.34. The van der Waals surface area contributed by atoms with Gasteiger partial charge in [-0.25, -0.2) is 8.42 Å². The Hall–Kier alpha value is -3.76. The van der Waals surface area contributed by atoms with Crippen LogP contribution in [0.25, 0.3) is 0 Å². The summed E-state index contributed by atoms with van der Waals surface area (Å²) >= 11 is 6.41. The van der Waals surface area contributed by atoms with E-state index in [4.69, 9.17) is 21.1 Å². The lowest BCUT2D eigenvalue weighted by Gasteiger charge is -2.32. The van der Waals surface area contributed by atoms with Crippen LogP contribution < -0.4 is 19.1 Å². The molecule has 0 aliphatic carbocycles. The molecule has 0 radical (unpaired) electrons. The van der Waals surface area contributed by atoms with Gasteiger partial charge in [-0.15, -0.1) is 0 Å². The number of sulfonamides is 1. The number of amides is 2. The smallest absolute Gasteiger partial charge is 0.264 e. The molecule has 0 bridgehead atoms. The lowest BCUT2D eigenvalue weighted by molar-refractivity contribution is -0.139. The van der Waals surface area contributed by atoms with Gasteiger partial charge in [0, 0.05) is 24.2 Å². The van der Waals surface area contributed by atoms with Crippen LogP contribution in [0.1, 0.15) is 26.3 Å². The molecule has 3 aromatic rings. The predicted octanol–water partition coefficient (Wildman–Crippen LogP) is 4.74. The summed E-state index contributed by atoms with van der Waals surface area (Å²) < 4.78 is 39.8. The van der Waals surface area contributed by atoms with Gasteiger partial charge in [0.15, 0.2) is 0 Å². The van der Waals surface area contributed by atoms with Crippen LogP contribution in [0.4, 0.5) is 5.69 Å². The zero-order chi connectivity index (χ0) is 30.2. The molecule has 0 heterocycles. The molecule has 0 saturated carbocycles. The molecule has 11 heteroatoms. The summed E-state index contributed by atoms with van der Waals surface area (Å²) in [5, 5.41) is 3.28. The van der Waals surface area contributed by atoms with Crippen molar-refractivity contribution in [1.82, 2.24) is 10.2 Å². The Kier molecular flexibility index (Phi) is 11.0. The van der Waals surface area contributed by atoms with Crippen LogP contribution in [-0.4, -0.2) is 58.5 Å². The molecule has 2 amide bonds. The third kappa shape index (κ3) is 7.92. The van der Waals surface area contributed by atoms with Crippen LogP contribution in [0.3, 0.4) is 0 Å². The van der Waals surface area contributed by atoms with E-state index in [9.17, 15) is 18.0 Å². The quantitative estimate of drug-likeness (QED) is 0.303. The van der Waals surface area contributed by atoms with Gasteiger partial charge in [0.2, 0.25) is 11.8 Å². The van der Waals surface area contributed by atoms with Crippen LogP contribution in [0.15, 0.2) is 77.7 Å². The van der Waals surface area contributed by atoms with Crippen molar-refractivity contribution in [3.8, 4) is 11.5 Å². The van der Waals surface area contributed by atoms with E-state index >= 15 is 0 Å². The zero-order valence-corrected chi connectivity index (χ0v) is 25.4. The second-order valence-corrected chi connectivity index (χ2v) is 12.1. The zero-order valence-electron chi connectivity index (χ0n) is 23.8. The molecular formula is C30H36ClN3O6S. The van der Waals surface area contributed by atoms with Gasteiger partial charge in [-0.3, -0.25) is 13.9 Å². The molecule has 0 fully saturated rings. The Morgan fingerprint density at radius 1 is 0.927 bits per heavy atom. The Morgan fingerprint density at radius 2 is 1.59 bits per heavy atom. The first-order valence-electron chi connectivity index (χ1n) is 13.1. The van der Waals surface area contributed by atoms with Gasteiger partial charge >= 0.3 is 0 Å². The molecule has 0 unspecified atom stereocenters. The van der Waals surface area contributed by atoms with Gasteiger partial charge in [0.05, 0.1) is 24.8 Å². The molecule has 0 spiro atoms. The molecule has 3 rings (SSSR count).